The van der Waals surface area contributed by atoms with Gasteiger partial charge in [0.1, 0.15) is 56.8 Å². The number of fused-ring (bicyclic) bond motifs is 10. The van der Waals surface area contributed by atoms with Crippen LogP contribution < -0.4 is 23.7 Å². The fourth-order valence-corrected chi connectivity index (χ4v) is 11.7. The summed E-state index contributed by atoms with van der Waals surface area (Å²) in [4.78, 5) is 70.7. The molecule has 0 aromatic heterocycles. The Morgan fingerprint density at radius 2 is 0.330 bits per heavy atom. The molecule has 6 rings (SSSR count). The van der Waals surface area contributed by atoms with Gasteiger partial charge in [0.25, 0.3) is 0 Å². The van der Waals surface area contributed by atoms with Crippen molar-refractivity contribution in [2.75, 3.05) is 33.0 Å². The molecule has 0 N–H and O–H groups in total. The molecule has 1 aliphatic rings. The molecule has 0 radical (unpaired) electrons. The Hall–Kier alpha value is -7.55. The molecular formula is C85H120O15. The van der Waals surface area contributed by atoms with Crippen molar-refractivity contribution in [3.05, 3.63) is 144 Å². The summed E-state index contributed by atoms with van der Waals surface area (Å²) in [6.45, 7) is 57.1. The van der Waals surface area contributed by atoms with E-state index >= 15 is 0 Å². The van der Waals surface area contributed by atoms with Crippen LogP contribution in [0.15, 0.2) is 60.7 Å². The van der Waals surface area contributed by atoms with Crippen molar-refractivity contribution < 1.29 is 71.3 Å². The Bertz CT molecular complexity index is 3110. The number of carbonyl (C=O) groups excluding carboxylic acids is 5. The Morgan fingerprint density at radius 3 is 0.420 bits per heavy atom. The molecule has 100 heavy (non-hydrogen) atoms. The van der Waals surface area contributed by atoms with E-state index < -0.39 is 118 Å². The molecule has 1 aliphatic carbocycles. The average Bonchev–Trinajstić information content (AvgIpc) is 0.777. The zero-order valence-electron chi connectivity index (χ0n) is 66.5. The second-order valence-electron chi connectivity index (χ2n) is 37.1. The maximum atomic E-state index is 14.1. The van der Waals surface area contributed by atoms with Gasteiger partial charge < -0.3 is 47.4 Å². The van der Waals surface area contributed by atoms with Gasteiger partial charge in [-0.3, -0.25) is 0 Å². The van der Waals surface area contributed by atoms with E-state index in [1.54, 1.807) is 0 Å². The first-order valence-electron chi connectivity index (χ1n) is 35.4. The van der Waals surface area contributed by atoms with Gasteiger partial charge in [0, 0.05) is 32.1 Å². The Kier molecular flexibility index (Phi) is 24.6. The number of hydrogen-bond donors (Lipinski definition) is 0. The molecule has 0 amide bonds. The van der Waals surface area contributed by atoms with E-state index in [1.807, 2.05) is 104 Å². The van der Waals surface area contributed by atoms with Gasteiger partial charge in [-0.25, -0.2) is 24.0 Å². The van der Waals surface area contributed by atoms with Crippen LogP contribution in [0.3, 0.4) is 0 Å². The fraction of sp³-hybridized carbons (Fsp3) is 0.588. The average molecular weight is 1380 g/mol. The Balaban J connectivity index is 1.97. The number of benzene rings is 5. The van der Waals surface area contributed by atoms with Crippen molar-refractivity contribution in [1.29, 1.82) is 0 Å². The van der Waals surface area contributed by atoms with Crippen molar-refractivity contribution in [1.82, 2.24) is 0 Å². The third-order valence-electron chi connectivity index (χ3n) is 16.2. The van der Waals surface area contributed by atoms with Crippen molar-refractivity contribution in [2.24, 2.45) is 0 Å². The van der Waals surface area contributed by atoms with Crippen LogP contribution in [0.2, 0.25) is 0 Å². The third-order valence-corrected chi connectivity index (χ3v) is 16.2. The number of rotatable bonds is 15. The highest BCUT2D eigenvalue weighted by molar-refractivity contribution is 5.75. The minimum atomic E-state index is -0.835. The van der Waals surface area contributed by atoms with Crippen LogP contribution in [0, 0.1) is 0 Å². The van der Waals surface area contributed by atoms with E-state index in [4.69, 9.17) is 47.4 Å². The number of esters is 5. The molecule has 0 saturated carbocycles. The van der Waals surface area contributed by atoms with Gasteiger partial charge in [-0.15, -0.1) is 0 Å². The first-order chi connectivity index (χ1) is 45.3. The minimum Gasteiger partial charge on any atom is -0.481 e. The molecule has 550 valence electrons. The van der Waals surface area contributed by atoms with Crippen LogP contribution in [0.4, 0.5) is 0 Å². The lowest BCUT2D eigenvalue weighted by molar-refractivity contribution is -0.158. The van der Waals surface area contributed by atoms with Gasteiger partial charge in [0.2, 0.25) is 0 Å². The van der Waals surface area contributed by atoms with E-state index in [0.29, 0.717) is 84.4 Å². The molecule has 0 unspecified atom stereocenters. The van der Waals surface area contributed by atoms with Crippen molar-refractivity contribution >= 4 is 29.8 Å². The molecule has 0 saturated heterocycles. The second-order valence-corrected chi connectivity index (χ2v) is 37.1. The molecule has 0 aliphatic heterocycles. The summed E-state index contributed by atoms with van der Waals surface area (Å²) in [5, 5.41) is 0. The summed E-state index contributed by atoms with van der Waals surface area (Å²) in [7, 11) is 0. The number of carbonyl (C=O) groups is 5. The molecule has 0 atom stereocenters. The Morgan fingerprint density at radius 1 is 0.220 bits per heavy atom. The van der Waals surface area contributed by atoms with Gasteiger partial charge in [-0.05, 0) is 214 Å². The zero-order valence-corrected chi connectivity index (χ0v) is 66.5. The van der Waals surface area contributed by atoms with Crippen LogP contribution in [-0.2, 0) is 107 Å². The predicted molar refractivity (Wildman–Crippen MR) is 396 cm³/mol. The molecule has 0 heterocycles. The molecule has 10 bridgehead atoms. The molecule has 0 fully saturated rings. The zero-order chi connectivity index (χ0) is 75.6. The van der Waals surface area contributed by atoms with E-state index in [2.05, 4.69) is 165 Å². The predicted octanol–water partition coefficient (Wildman–Crippen LogP) is 18.0. The molecule has 15 nitrogen and oxygen atoms in total. The smallest absolute Gasteiger partial charge is 0.344 e. The highest BCUT2D eigenvalue weighted by atomic mass is 16.6. The van der Waals surface area contributed by atoms with E-state index in [1.165, 1.54) is 0 Å². The molecular weight excluding hydrogens is 1260 g/mol. The van der Waals surface area contributed by atoms with Crippen LogP contribution in [0.5, 0.6) is 28.7 Å². The lowest BCUT2D eigenvalue weighted by Gasteiger charge is -2.29. The van der Waals surface area contributed by atoms with Gasteiger partial charge in [-0.1, -0.05) is 165 Å². The standard InChI is InChI=1S/C85H120O15/c1-76(2,3)61-36-51-31-53-38-62(77(4,5)6)40-55(72(53)92-47-67(87)97-82(19,20)21)33-57-42-64(79(10,11)12)44-59(74(57)94-49-69(89)99-84(25,26)27)35-60-45-65(80(13,14)15)43-58(75(60)95-50-70(90)100-85(28,29)30)34-56-41-63(78(7,8)9)39-54(73(56)93-48-68(88)98-83(22,23)24)32-52(37-61)71(51)91-46-66(86)96-81(16,17)18/h36-45H,31-35,46-50H2,1-30H3. The normalized spacial score (nSPS) is 13.7. The topological polar surface area (TPSA) is 178 Å². The van der Waals surface area contributed by atoms with Crippen LogP contribution in [-0.4, -0.2) is 90.9 Å². The summed E-state index contributed by atoms with van der Waals surface area (Å²) in [6.07, 6.45) is 0.846. The minimum absolute atomic E-state index is 0.169. The lowest BCUT2D eigenvalue weighted by Crippen LogP contribution is -2.28. The highest BCUT2D eigenvalue weighted by Crippen LogP contribution is 2.46. The quantitative estimate of drug-likeness (QED) is 0.0700. The van der Waals surface area contributed by atoms with E-state index in [-0.39, 0.29) is 32.1 Å². The van der Waals surface area contributed by atoms with Gasteiger partial charge in [0.15, 0.2) is 33.0 Å². The molecule has 5 aromatic carbocycles. The van der Waals surface area contributed by atoms with Crippen LogP contribution in [0.1, 0.15) is 291 Å². The van der Waals surface area contributed by atoms with Gasteiger partial charge in [0.05, 0.1) is 0 Å². The maximum absolute atomic E-state index is 14.1. The fourth-order valence-electron chi connectivity index (χ4n) is 11.7. The summed E-state index contributed by atoms with van der Waals surface area (Å²) in [5.41, 5.74) is 5.31. The Labute approximate surface area is 599 Å². The van der Waals surface area contributed by atoms with Gasteiger partial charge in [-0.2, -0.15) is 0 Å². The second kappa shape index (κ2) is 30.2. The van der Waals surface area contributed by atoms with Crippen molar-refractivity contribution in [3.63, 3.8) is 0 Å². The number of hydrogen-bond acceptors (Lipinski definition) is 15. The maximum Gasteiger partial charge on any atom is 0.344 e. The van der Waals surface area contributed by atoms with Gasteiger partial charge >= 0.3 is 29.8 Å². The van der Waals surface area contributed by atoms with Crippen LogP contribution >= 0.6 is 0 Å². The van der Waals surface area contributed by atoms with Crippen LogP contribution in [0.25, 0.3) is 0 Å². The monoisotopic (exact) mass is 1380 g/mol. The summed E-state index contributed by atoms with van der Waals surface area (Å²) < 4.78 is 64.8. The molecule has 5 aromatic rings. The summed E-state index contributed by atoms with van der Waals surface area (Å²) >= 11 is 0. The third kappa shape index (κ3) is 24.3. The van der Waals surface area contributed by atoms with Crippen molar-refractivity contribution in [3.8, 4) is 28.7 Å². The SMILES string of the molecule is CC(C)(C)OC(=O)COc1c2cc(C(C)(C)C)cc1Cc1cc(C(C)(C)C)cc(c1OCC(=O)OC(C)(C)C)Cc1cc(C(C)(C)C)cc(c1OCC(=O)OC(C)(C)C)Cc1cc(C(C)(C)C)cc(c1OCC(=O)OC(C)(C)C)Cc1cc(C(C)(C)C)cc(c1OCC(=O)OC(C)(C)C)C2. The lowest BCUT2D eigenvalue weighted by atomic mass is 9.79. The largest absolute Gasteiger partial charge is 0.481 e. The van der Waals surface area contributed by atoms with E-state index in [0.717, 1.165) is 27.8 Å². The highest BCUT2D eigenvalue weighted by Gasteiger charge is 2.34. The molecule has 15 heteroatoms. The summed E-state index contributed by atoms with van der Waals surface area (Å²) in [5.74, 6) is -0.828. The first kappa shape index (κ1) is 81.4. The van der Waals surface area contributed by atoms with Crippen molar-refractivity contribution in [2.45, 2.75) is 295 Å². The summed E-state index contributed by atoms with van der Waals surface area (Å²) in [6, 6.07) is 21.2. The molecule has 0 spiro atoms. The van der Waals surface area contributed by atoms with E-state index in [9.17, 15) is 24.0 Å². The number of ether oxygens (including phenoxy) is 10. The first-order valence-corrected chi connectivity index (χ1v) is 35.4.